The SMILES string of the molecule is CCC(CCCC1CO1)(CCCC1CO1)OCCC1CO1. The molecule has 3 saturated heterocycles. The zero-order valence-corrected chi connectivity index (χ0v) is 13.4. The molecule has 0 amide bonds. The highest BCUT2D eigenvalue weighted by molar-refractivity contribution is 4.83. The molecule has 3 fully saturated rings. The topological polar surface area (TPSA) is 46.8 Å². The highest BCUT2D eigenvalue weighted by atomic mass is 16.6. The van der Waals surface area contributed by atoms with Crippen molar-refractivity contribution < 1.29 is 18.9 Å². The Hall–Kier alpha value is -0.160. The molecule has 0 aromatic heterocycles. The first-order chi connectivity index (χ1) is 10.3. The van der Waals surface area contributed by atoms with Crippen LogP contribution in [0.5, 0.6) is 0 Å². The number of hydrogen-bond acceptors (Lipinski definition) is 4. The largest absolute Gasteiger partial charge is 0.375 e. The van der Waals surface area contributed by atoms with E-state index < -0.39 is 0 Å². The van der Waals surface area contributed by atoms with Gasteiger partial charge in [0.25, 0.3) is 0 Å². The predicted octanol–water partition coefficient (Wildman–Crippen LogP) is 3.08. The van der Waals surface area contributed by atoms with Crippen molar-refractivity contribution in [3.05, 3.63) is 0 Å². The van der Waals surface area contributed by atoms with Crippen LogP contribution < -0.4 is 0 Å². The van der Waals surface area contributed by atoms with Crippen molar-refractivity contribution in [1.29, 1.82) is 0 Å². The molecule has 3 rings (SSSR count). The zero-order chi connectivity index (χ0) is 14.5. The van der Waals surface area contributed by atoms with Crippen LogP contribution in [0.1, 0.15) is 58.3 Å². The Morgan fingerprint density at radius 2 is 1.33 bits per heavy atom. The molecule has 0 saturated carbocycles. The van der Waals surface area contributed by atoms with Crippen LogP contribution in [0.15, 0.2) is 0 Å². The van der Waals surface area contributed by atoms with E-state index in [1.165, 1.54) is 38.5 Å². The molecule has 4 nitrogen and oxygen atoms in total. The van der Waals surface area contributed by atoms with Crippen molar-refractivity contribution in [3.63, 3.8) is 0 Å². The molecule has 3 atom stereocenters. The van der Waals surface area contributed by atoms with Gasteiger partial charge in [-0.25, -0.2) is 0 Å². The Labute approximate surface area is 128 Å². The van der Waals surface area contributed by atoms with Crippen molar-refractivity contribution in [2.24, 2.45) is 0 Å². The maximum Gasteiger partial charge on any atom is 0.0831 e. The number of rotatable bonds is 13. The summed E-state index contributed by atoms with van der Waals surface area (Å²) in [5.74, 6) is 0. The highest BCUT2D eigenvalue weighted by Crippen LogP contribution is 2.33. The van der Waals surface area contributed by atoms with Gasteiger partial charge in [-0.15, -0.1) is 0 Å². The normalized spacial score (nSPS) is 32.7. The van der Waals surface area contributed by atoms with Crippen LogP contribution in [0.25, 0.3) is 0 Å². The standard InChI is InChI=1S/C17H30O4/c1-2-17(8-3-5-14-11-18-14,9-4-6-15-12-19-15)21-10-7-16-13-20-16/h14-16H,2-13H2,1H3. The fourth-order valence-electron chi connectivity index (χ4n) is 3.14. The molecule has 0 aromatic rings. The van der Waals surface area contributed by atoms with E-state index in [2.05, 4.69) is 6.92 Å². The highest BCUT2D eigenvalue weighted by Gasteiger charge is 2.32. The van der Waals surface area contributed by atoms with Gasteiger partial charge in [0.05, 0.1) is 43.7 Å². The second-order valence-electron chi connectivity index (χ2n) is 6.82. The lowest BCUT2D eigenvalue weighted by atomic mass is 9.87. The van der Waals surface area contributed by atoms with Gasteiger partial charge in [0.15, 0.2) is 0 Å². The van der Waals surface area contributed by atoms with Crippen LogP contribution in [-0.4, -0.2) is 50.3 Å². The van der Waals surface area contributed by atoms with E-state index in [-0.39, 0.29) is 5.60 Å². The average Bonchev–Trinajstić information content (AvgIpc) is 3.34. The maximum absolute atomic E-state index is 6.37. The van der Waals surface area contributed by atoms with E-state index in [1.54, 1.807) is 0 Å². The lowest BCUT2D eigenvalue weighted by Gasteiger charge is -2.33. The summed E-state index contributed by atoms with van der Waals surface area (Å²) in [6.45, 7) is 5.99. The van der Waals surface area contributed by atoms with Crippen LogP contribution in [0, 0.1) is 0 Å². The summed E-state index contributed by atoms with van der Waals surface area (Å²) >= 11 is 0. The van der Waals surface area contributed by atoms with Gasteiger partial charge in [0.1, 0.15) is 0 Å². The molecule has 21 heavy (non-hydrogen) atoms. The van der Waals surface area contributed by atoms with Gasteiger partial charge >= 0.3 is 0 Å². The molecular formula is C17H30O4. The van der Waals surface area contributed by atoms with Crippen LogP contribution >= 0.6 is 0 Å². The summed E-state index contributed by atoms with van der Waals surface area (Å²) < 4.78 is 22.3. The van der Waals surface area contributed by atoms with Crippen molar-refractivity contribution in [1.82, 2.24) is 0 Å². The van der Waals surface area contributed by atoms with Gasteiger partial charge in [-0.2, -0.15) is 0 Å². The monoisotopic (exact) mass is 298 g/mol. The van der Waals surface area contributed by atoms with Crippen molar-refractivity contribution in [2.45, 2.75) is 82.2 Å². The second kappa shape index (κ2) is 7.40. The Morgan fingerprint density at radius 3 is 1.76 bits per heavy atom. The van der Waals surface area contributed by atoms with Gasteiger partial charge in [0.2, 0.25) is 0 Å². The summed E-state index contributed by atoms with van der Waals surface area (Å²) in [6, 6.07) is 0. The van der Waals surface area contributed by atoms with E-state index in [9.17, 15) is 0 Å². The van der Waals surface area contributed by atoms with Crippen LogP contribution in [0.4, 0.5) is 0 Å². The third-order valence-corrected chi connectivity index (χ3v) is 5.02. The van der Waals surface area contributed by atoms with E-state index in [0.717, 1.165) is 39.3 Å². The van der Waals surface area contributed by atoms with Crippen molar-refractivity contribution in [2.75, 3.05) is 26.4 Å². The molecular weight excluding hydrogens is 268 g/mol. The predicted molar refractivity (Wildman–Crippen MR) is 80.5 cm³/mol. The molecule has 0 N–H and O–H groups in total. The maximum atomic E-state index is 6.37. The molecule has 0 radical (unpaired) electrons. The number of ether oxygens (including phenoxy) is 4. The minimum Gasteiger partial charge on any atom is -0.375 e. The fourth-order valence-corrected chi connectivity index (χ4v) is 3.14. The second-order valence-corrected chi connectivity index (χ2v) is 6.82. The fraction of sp³-hybridized carbons (Fsp3) is 1.00. The number of hydrogen-bond donors (Lipinski definition) is 0. The minimum absolute atomic E-state index is 0.0681. The van der Waals surface area contributed by atoms with E-state index in [0.29, 0.717) is 18.3 Å². The molecule has 3 heterocycles. The van der Waals surface area contributed by atoms with Gasteiger partial charge in [-0.1, -0.05) is 6.92 Å². The van der Waals surface area contributed by atoms with Crippen LogP contribution in [0.2, 0.25) is 0 Å². The third kappa shape index (κ3) is 5.85. The zero-order valence-electron chi connectivity index (χ0n) is 13.4. The van der Waals surface area contributed by atoms with Gasteiger partial charge in [0, 0.05) is 6.61 Å². The van der Waals surface area contributed by atoms with E-state index in [1.807, 2.05) is 0 Å². The average molecular weight is 298 g/mol. The van der Waals surface area contributed by atoms with Crippen molar-refractivity contribution >= 4 is 0 Å². The van der Waals surface area contributed by atoms with E-state index >= 15 is 0 Å². The van der Waals surface area contributed by atoms with Gasteiger partial charge in [-0.3, -0.25) is 0 Å². The minimum atomic E-state index is 0.0681. The summed E-state index contributed by atoms with van der Waals surface area (Å²) in [7, 11) is 0. The molecule has 0 aromatic carbocycles. The van der Waals surface area contributed by atoms with Crippen molar-refractivity contribution in [3.8, 4) is 0 Å². The Bertz CT molecular complexity index is 262. The van der Waals surface area contributed by atoms with E-state index in [4.69, 9.17) is 18.9 Å². The molecule has 0 bridgehead atoms. The summed E-state index contributed by atoms with van der Waals surface area (Å²) in [5.41, 5.74) is 0.0681. The lowest BCUT2D eigenvalue weighted by Crippen LogP contribution is -2.33. The summed E-state index contributed by atoms with van der Waals surface area (Å²) in [4.78, 5) is 0. The first kappa shape index (κ1) is 15.7. The molecule has 0 spiro atoms. The Morgan fingerprint density at radius 1 is 0.857 bits per heavy atom. The van der Waals surface area contributed by atoms with Gasteiger partial charge < -0.3 is 18.9 Å². The molecule has 4 heteroatoms. The molecule has 122 valence electrons. The quantitative estimate of drug-likeness (QED) is 0.490. The van der Waals surface area contributed by atoms with Gasteiger partial charge in [-0.05, 0) is 51.4 Å². The van der Waals surface area contributed by atoms with Crippen LogP contribution in [0.3, 0.4) is 0 Å². The summed E-state index contributed by atoms with van der Waals surface area (Å²) in [6.07, 6.45) is 10.9. The van der Waals surface area contributed by atoms with Crippen LogP contribution in [-0.2, 0) is 18.9 Å². The molecule has 3 aliphatic heterocycles. The molecule has 3 unspecified atom stereocenters. The lowest BCUT2D eigenvalue weighted by molar-refractivity contribution is -0.0658. The summed E-state index contributed by atoms with van der Waals surface area (Å²) in [5, 5.41) is 0. The third-order valence-electron chi connectivity index (χ3n) is 5.02. The molecule has 0 aliphatic carbocycles. The number of epoxide rings is 3. The smallest absolute Gasteiger partial charge is 0.0831 e. The first-order valence-corrected chi connectivity index (χ1v) is 8.78. The molecule has 3 aliphatic rings. The Kier molecular flexibility index (Phi) is 5.54. The first-order valence-electron chi connectivity index (χ1n) is 8.78. The Balaban J connectivity index is 1.41.